The third kappa shape index (κ3) is 23.0. The molecule has 0 aliphatic rings. The van der Waals surface area contributed by atoms with Gasteiger partial charge < -0.3 is 10.5 Å². The number of carbonyl (C=O) groups excluding carboxylic acids is 2. The van der Waals surface area contributed by atoms with E-state index in [-0.39, 0.29) is 5.78 Å². The van der Waals surface area contributed by atoms with Crippen LogP contribution < -0.4 is 5.73 Å². The number of allylic oxidation sites excluding steroid dienone is 2. The second-order valence-electron chi connectivity index (χ2n) is 3.26. The first-order chi connectivity index (χ1) is 7.54. The molecule has 4 nitrogen and oxygen atoms in total. The van der Waals surface area contributed by atoms with Crippen molar-refractivity contribution in [3.05, 3.63) is 12.2 Å². The highest BCUT2D eigenvalue weighted by atomic mass is 16.5. The Bertz CT molecular complexity index is 212. The number of carbonyl (C=O) groups is 2. The highest BCUT2D eigenvalue weighted by molar-refractivity contribution is 5.87. The maximum atomic E-state index is 10.4. The highest BCUT2D eigenvalue weighted by Crippen LogP contribution is 1.99. The molecule has 0 heterocycles. The molecule has 0 rings (SSSR count). The van der Waals surface area contributed by atoms with Gasteiger partial charge in [-0.3, -0.25) is 4.79 Å². The number of unbranched alkanes of at least 4 members (excludes halogenated alkanes) is 3. The third-order valence-corrected chi connectivity index (χ3v) is 1.61. The molecule has 0 saturated carbocycles. The molecule has 0 aliphatic heterocycles. The molecule has 0 fully saturated rings. The molecule has 94 valence electrons. The normalized spacial score (nSPS) is 9.44. The van der Waals surface area contributed by atoms with Gasteiger partial charge in [-0.15, -0.1) is 0 Å². The van der Waals surface area contributed by atoms with Crippen LogP contribution in [0, 0.1) is 0 Å². The predicted molar refractivity (Wildman–Crippen MR) is 65.2 cm³/mol. The Hall–Kier alpha value is -1.32. The van der Waals surface area contributed by atoms with Crippen LogP contribution in [0.5, 0.6) is 0 Å². The standard InChI is InChI=1S/C9H16O.C3H7NO2/c1-3-4-5-6-7-8-9(2)10;1-2-6-3(4)5/h7-8H,3-6H2,1-2H3;2H2,1H3,(H2,4,5). The summed E-state index contributed by atoms with van der Waals surface area (Å²) in [6.45, 7) is 5.81. The lowest BCUT2D eigenvalue weighted by molar-refractivity contribution is -0.112. The van der Waals surface area contributed by atoms with Gasteiger partial charge in [0, 0.05) is 0 Å². The molecule has 4 heteroatoms. The van der Waals surface area contributed by atoms with Crippen molar-refractivity contribution < 1.29 is 14.3 Å². The zero-order valence-corrected chi connectivity index (χ0v) is 10.5. The van der Waals surface area contributed by atoms with Crippen LogP contribution >= 0.6 is 0 Å². The number of primary amides is 1. The molecule has 0 atom stereocenters. The minimum absolute atomic E-state index is 0.150. The Balaban J connectivity index is 0. The molecule has 0 unspecified atom stereocenters. The summed E-state index contributed by atoms with van der Waals surface area (Å²) < 4.78 is 4.18. The van der Waals surface area contributed by atoms with Gasteiger partial charge in [0.05, 0.1) is 6.61 Å². The van der Waals surface area contributed by atoms with E-state index >= 15 is 0 Å². The Morgan fingerprint density at radius 1 is 1.25 bits per heavy atom. The molecule has 0 bridgehead atoms. The molecular weight excluding hydrogens is 206 g/mol. The zero-order chi connectivity index (χ0) is 12.8. The van der Waals surface area contributed by atoms with Gasteiger partial charge in [0.2, 0.25) is 0 Å². The van der Waals surface area contributed by atoms with Crippen molar-refractivity contribution >= 4 is 11.9 Å². The van der Waals surface area contributed by atoms with Gasteiger partial charge in [-0.1, -0.05) is 25.8 Å². The summed E-state index contributed by atoms with van der Waals surface area (Å²) in [7, 11) is 0. The van der Waals surface area contributed by atoms with Gasteiger partial charge in [0.1, 0.15) is 0 Å². The lowest BCUT2D eigenvalue weighted by Crippen LogP contribution is -2.11. The summed E-state index contributed by atoms with van der Waals surface area (Å²) >= 11 is 0. The fourth-order valence-corrected chi connectivity index (χ4v) is 0.904. The largest absolute Gasteiger partial charge is 0.450 e. The molecule has 0 aromatic carbocycles. The van der Waals surface area contributed by atoms with E-state index in [9.17, 15) is 9.59 Å². The van der Waals surface area contributed by atoms with Crippen molar-refractivity contribution in [2.24, 2.45) is 5.73 Å². The lowest BCUT2D eigenvalue weighted by atomic mass is 10.2. The van der Waals surface area contributed by atoms with E-state index in [1.807, 2.05) is 6.08 Å². The Kier molecular flexibility index (Phi) is 14.6. The number of hydrogen-bond acceptors (Lipinski definition) is 3. The molecule has 0 aromatic rings. The number of ether oxygens (including phenoxy) is 1. The average molecular weight is 229 g/mol. The number of nitrogens with two attached hydrogens (primary N) is 1. The van der Waals surface area contributed by atoms with E-state index in [1.165, 1.54) is 19.3 Å². The van der Waals surface area contributed by atoms with Gasteiger partial charge in [-0.2, -0.15) is 0 Å². The first kappa shape index (κ1) is 17.1. The SMILES string of the molecule is CCCCCC=CC(C)=O.CCOC(N)=O. The summed E-state index contributed by atoms with van der Waals surface area (Å²) in [4.78, 5) is 20.0. The Labute approximate surface area is 97.8 Å². The van der Waals surface area contributed by atoms with E-state index in [2.05, 4.69) is 17.4 Å². The first-order valence-corrected chi connectivity index (χ1v) is 5.63. The number of amides is 1. The third-order valence-electron chi connectivity index (χ3n) is 1.61. The number of hydrogen-bond donors (Lipinski definition) is 1. The molecule has 2 N–H and O–H groups in total. The maximum absolute atomic E-state index is 10.4. The highest BCUT2D eigenvalue weighted by Gasteiger charge is 1.83. The molecule has 0 saturated heterocycles. The van der Waals surface area contributed by atoms with Crippen molar-refractivity contribution in [3.8, 4) is 0 Å². The molecule has 0 radical (unpaired) electrons. The van der Waals surface area contributed by atoms with Crippen LogP contribution in [0.25, 0.3) is 0 Å². The fraction of sp³-hybridized carbons (Fsp3) is 0.667. The van der Waals surface area contributed by atoms with Gasteiger partial charge in [-0.05, 0) is 32.8 Å². The van der Waals surface area contributed by atoms with Crippen molar-refractivity contribution in [3.63, 3.8) is 0 Å². The predicted octanol–water partition coefficient (Wildman–Crippen LogP) is 2.81. The minimum Gasteiger partial charge on any atom is -0.450 e. The summed E-state index contributed by atoms with van der Waals surface area (Å²) in [6, 6.07) is 0. The minimum atomic E-state index is -0.711. The lowest BCUT2D eigenvalue weighted by Gasteiger charge is -1.89. The van der Waals surface area contributed by atoms with Crippen LogP contribution in [-0.2, 0) is 9.53 Å². The van der Waals surface area contributed by atoms with Crippen molar-refractivity contribution in [2.45, 2.75) is 46.5 Å². The van der Waals surface area contributed by atoms with Crippen LogP contribution in [0.3, 0.4) is 0 Å². The monoisotopic (exact) mass is 229 g/mol. The smallest absolute Gasteiger partial charge is 0.404 e. The van der Waals surface area contributed by atoms with Gasteiger partial charge >= 0.3 is 6.09 Å². The van der Waals surface area contributed by atoms with E-state index in [1.54, 1.807) is 19.9 Å². The van der Waals surface area contributed by atoms with Crippen LogP contribution in [0.2, 0.25) is 0 Å². The van der Waals surface area contributed by atoms with Gasteiger partial charge in [0.25, 0.3) is 0 Å². The topological polar surface area (TPSA) is 69.4 Å². The fourth-order valence-electron chi connectivity index (χ4n) is 0.904. The quantitative estimate of drug-likeness (QED) is 0.562. The maximum Gasteiger partial charge on any atom is 0.404 e. The molecular formula is C12H23NO3. The second kappa shape index (κ2) is 13.7. The van der Waals surface area contributed by atoms with Crippen LogP contribution in [0.1, 0.15) is 46.5 Å². The number of ketones is 1. The second-order valence-corrected chi connectivity index (χ2v) is 3.26. The first-order valence-electron chi connectivity index (χ1n) is 5.63. The molecule has 0 spiro atoms. The molecule has 0 aromatic heterocycles. The van der Waals surface area contributed by atoms with Crippen molar-refractivity contribution in [1.82, 2.24) is 0 Å². The van der Waals surface area contributed by atoms with Crippen molar-refractivity contribution in [2.75, 3.05) is 6.61 Å². The Morgan fingerprint density at radius 2 is 1.88 bits per heavy atom. The number of rotatable bonds is 6. The molecule has 16 heavy (non-hydrogen) atoms. The van der Waals surface area contributed by atoms with E-state index in [4.69, 9.17) is 0 Å². The summed E-state index contributed by atoms with van der Waals surface area (Å²) in [5, 5.41) is 0. The Morgan fingerprint density at radius 3 is 2.19 bits per heavy atom. The van der Waals surface area contributed by atoms with E-state index in [0.717, 1.165) is 6.42 Å². The van der Waals surface area contributed by atoms with Crippen molar-refractivity contribution in [1.29, 1.82) is 0 Å². The van der Waals surface area contributed by atoms with E-state index < -0.39 is 6.09 Å². The molecule has 0 aliphatic carbocycles. The van der Waals surface area contributed by atoms with Crippen LogP contribution in [-0.4, -0.2) is 18.5 Å². The van der Waals surface area contributed by atoms with Gasteiger partial charge in [-0.25, -0.2) is 4.79 Å². The average Bonchev–Trinajstić information content (AvgIpc) is 2.17. The van der Waals surface area contributed by atoms with Gasteiger partial charge in [0.15, 0.2) is 5.78 Å². The van der Waals surface area contributed by atoms with E-state index in [0.29, 0.717) is 6.61 Å². The summed E-state index contributed by atoms with van der Waals surface area (Å²) in [5.74, 6) is 0.150. The van der Waals surface area contributed by atoms with Crippen LogP contribution in [0.4, 0.5) is 4.79 Å². The van der Waals surface area contributed by atoms with Crippen LogP contribution in [0.15, 0.2) is 12.2 Å². The zero-order valence-electron chi connectivity index (χ0n) is 10.5. The molecule has 1 amide bonds. The summed E-state index contributed by atoms with van der Waals surface area (Å²) in [5.41, 5.74) is 4.54. The summed E-state index contributed by atoms with van der Waals surface area (Å²) in [6.07, 6.45) is 7.66.